The van der Waals surface area contributed by atoms with Crippen LogP contribution in [-0.4, -0.2) is 29.9 Å². The van der Waals surface area contributed by atoms with E-state index in [0.29, 0.717) is 0 Å². The van der Waals surface area contributed by atoms with E-state index >= 15 is 0 Å². The van der Waals surface area contributed by atoms with E-state index in [-0.39, 0.29) is 17.4 Å². The van der Waals surface area contributed by atoms with Crippen molar-refractivity contribution in [2.45, 2.75) is 33.2 Å². The first-order chi connectivity index (χ1) is 5.41. The molecule has 1 saturated heterocycles. The normalized spacial score (nSPS) is 24.7. The van der Waals surface area contributed by atoms with E-state index in [1.807, 2.05) is 25.7 Å². The molecule has 0 radical (unpaired) electrons. The van der Waals surface area contributed by atoms with Gasteiger partial charge in [0, 0.05) is 24.5 Å². The lowest BCUT2D eigenvalue weighted by atomic mass is 9.95. The van der Waals surface area contributed by atoms with Crippen LogP contribution in [0.15, 0.2) is 0 Å². The van der Waals surface area contributed by atoms with Gasteiger partial charge in [0.1, 0.15) is 0 Å². The van der Waals surface area contributed by atoms with Crippen LogP contribution in [0, 0.1) is 5.41 Å². The number of nitrogens with two attached hydrogens (primary N) is 1. The minimum atomic E-state index is -0.260. The van der Waals surface area contributed by atoms with Crippen LogP contribution in [0.2, 0.25) is 0 Å². The summed E-state index contributed by atoms with van der Waals surface area (Å²) in [6, 6.07) is 0.191. The van der Waals surface area contributed by atoms with Crippen molar-refractivity contribution in [3.05, 3.63) is 0 Å². The Balaban J connectivity index is 2.55. The topological polar surface area (TPSA) is 46.3 Å². The Morgan fingerprint density at radius 3 is 2.42 bits per heavy atom. The summed E-state index contributed by atoms with van der Waals surface area (Å²) in [7, 11) is 0. The van der Waals surface area contributed by atoms with Crippen molar-refractivity contribution in [1.29, 1.82) is 0 Å². The third kappa shape index (κ3) is 1.97. The summed E-state index contributed by atoms with van der Waals surface area (Å²) in [6.45, 7) is 7.39. The Hall–Kier alpha value is -0.570. The first-order valence-corrected chi connectivity index (χ1v) is 4.46. The Kier molecular flexibility index (Phi) is 2.42. The minimum Gasteiger partial charge on any atom is -0.341 e. The molecule has 0 bridgehead atoms. The summed E-state index contributed by atoms with van der Waals surface area (Å²) >= 11 is 0. The number of likely N-dealkylation sites (tertiary alicyclic amines) is 1. The fourth-order valence-electron chi connectivity index (χ4n) is 1.45. The molecule has 0 unspecified atom stereocenters. The number of rotatable bonds is 0. The van der Waals surface area contributed by atoms with Gasteiger partial charge >= 0.3 is 0 Å². The van der Waals surface area contributed by atoms with Crippen LogP contribution < -0.4 is 5.73 Å². The van der Waals surface area contributed by atoms with Crippen LogP contribution in [0.5, 0.6) is 0 Å². The van der Waals surface area contributed by atoms with Gasteiger partial charge in [-0.2, -0.15) is 0 Å². The number of carbonyl (C=O) groups is 1. The fourth-order valence-corrected chi connectivity index (χ4v) is 1.45. The lowest BCUT2D eigenvalue weighted by molar-refractivity contribution is -0.138. The van der Waals surface area contributed by atoms with Crippen molar-refractivity contribution in [2.75, 3.05) is 13.1 Å². The van der Waals surface area contributed by atoms with Gasteiger partial charge in [-0.25, -0.2) is 0 Å². The Morgan fingerprint density at radius 2 is 2.08 bits per heavy atom. The van der Waals surface area contributed by atoms with E-state index in [0.717, 1.165) is 19.5 Å². The zero-order chi connectivity index (χ0) is 9.35. The highest BCUT2D eigenvalue weighted by Crippen LogP contribution is 2.20. The average Bonchev–Trinajstić information content (AvgIpc) is 2.32. The standard InChI is InChI=1S/C9H18N2O/c1-9(2,3)8(12)11-5-4-7(10)6-11/h7H,4-6,10H2,1-3H3/t7-/m0/s1. The van der Waals surface area contributed by atoms with Gasteiger partial charge in [0.25, 0.3) is 0 Å². The van der Waals surface area contributed by atoms with E-state index in [9.17, 15) is 4.79 Å². The van der Waals surface area contributed by atoms with Gasteiger partial charge in [-0.15, -0.1) is 0 Å². The molecule has 1 heterocycles. The van der Waals surface area contributed by atoms with Crippen LogP contribution in [0.3, 0.4) is 0 Å². The van der Waals surface area contributed by atoms with Crippen molar-refractivity contribution < 1.29 is 4.79 Å². The zero-order valence-corrected chi connectivity index (χ0v) is 8.13. The second-order valence-corrected chi connectivity index (χ2v) is 4.55. The Morgan fingerprint density at radius 1 is 1.50 bits per heavy atom. The highest BCUT2D eigenvalue weighted by atomic mass is 16.2. The van der Waals surface area contributed by atoms with Crippen molar-refractivity contribution in [3.8, 4) is 0 Å². The lowest BCUT2D eigenvalue weighted by Crippen LogP contribution is -2.39. The quantitative estimate of drug-likeness (QED) is 0.578. The maximum absolute atomic E-state index is 11.7. The third-order valence-corrected chi connectivity index (χ3v) is 2.15. The zero-order valence-electron chi connectivity index (χ0n) is 8.13. The van der Waals surface area contributed by atoms with E-state index in [1.165, 1.54) is 0 Å². The Labute approximate surface area is 73.9 Å². The van der Waals surface area contributed by atoms with Crippen molar-refractivity contribution in [3.63, 3.8) is 0 Å². The first kappa shape index (κ1) is 9.52. The summed E-state index contributed by atoms with van der Waals surface area (Å²) < 4.78 is 0. The van der Waals surface area contributed by atoms with Gasteiger partial charge in [-0.3, -0.25) is 4.79 Å². The molecule has 3 heteroatoms. The number of hydrogen-bond donors (Lipinski definition) is 1. The molecule has 1 aliphatic heterocycles. The number of nitrogens with zero attached hydrogens (tertiary/aromatic N) is 1. The number of hydrogen-bond acceptors (Lipinski definition) is 2. The monoisotopic (exact) mass is 170 g/mol. The highest BCUT2D eigenvalue weighted by molar-refractivity contribution is 5.81. The van der Waals surface area contributed by atoms with Gasteiger partial charge < -0.3 is 10.6 Å². The molecule has 70 valence electrons. The summed E-state index contributed by atoms with van der Waals surface area (Å²) in [6.07, 6.45) is 0.946. The molecule has 3 nitrogen and oxygen atoms in total. The van der Waals surface area contributed by atoms with Crippen LogP contribution in [0.4, 0.5) is 0 Å². The van der Waals surface area contributed by atoms with Crippen LogP contribution in [0.25, 0.3) is 0 Å². The second kappa shape index (κ2) is 3.05. The molecule has 1 aliphatic rings. The van der Waals surface area contributed by atoms with Gasteiger partial charge in [-0.05, 0) is 6.42 Å². The summed E-state index contributed by atoms with van der Waals surface area (Å²) in [5, 5.41) is 0. The first-order valence-electron chi connectivity index (χ1n) is 4.46. The Bertz CT molecular complexity index is 183. The molecule has 0 aliphatic carbocycles. The van der Waals surface area contributed by atoms with E-state index < -0.39 is 0 Å². The lowest BCUT2D eigenvalue weighted by Gasteiger charge is -2.25. The molecule has 1 atom stereocenters. The molecule has 0 spiro atoms. The van der Waals surface area contributed by atoms with Crippen LogP contribution in [-0.2, 0) is 4.79 Å². The molecule has 2 N–H and O–H groups in total. The molecular weight excluding hydrogens is 152 g/mol. The molecule has 1 amide bonds. The SMILES string of the molecule is CC(C)(C)C(=O)N1CC[C@H](N)C1. The third-order valence-electron chi connectivity index (χ3n) is 2.15. The van der Waals surface area contributed by atoms with E-state index in [1.54, 1.807) is 0 Å². The molecule has 0 saturated carbocycles. The molecular formula is C9H18N2O. The maximum atomic E-state index is 11.7. The average molecular weight is 170 g/mol. The van der Waals surface area contributed by atoms with Crippen molar-refractivity contribution in [2.24, 2.45) is 11.1 Å². The maximum Gasteiger partial charge on any atom is 0.228 e. The summed E-state index contributed by atoms with van der Waals surface area (Å²) in [5.74, 6) is 0.218. The second-order valence-electron chi connectivity index (χ2n) is 4.55. The predicted octanol–water partition coefficient (Wildman–Crippen LogP) is 0.592. The highest BCUT2D eigenvalue weighted by Gasteiger charge is 2.31. The van der Waals surface area contributed by atoms with Crippen molar-refractivity contribution in [1.82, 2.24) is 4.90 Å². The van der Waals surface area contributed by atoms with Crippen molar-refractivity contribution >= 4 is 5.91 Å². The van der Waals surface area contributed by atoms with Gasteiger partial charge in [0.15, 0.2) is 0 Å². The largest absolute Gasteiger partial charge is 0.341 e. The van der Waals surface area contributed by atoms with Crippen LogP contribution in [0.1, 0.15) is 27.2 Å². The molecule has 1 fully saturated rings. The smallest absolute Gasteiger partial charge is 0.228 e. The molecule has 1 rings (SSSR count). The van der Waals surface area contributed by atoms with E-state index in [2.05, 4.69) is 0 Å². The number of amides is 1. The minimum absolute atomic E-state index is 0.191. The number of carbonyl (C=O) groups excluding carboxylic acids is 1. The fraction of sp³-hybridized carbons (Fsp3) is 0.889. The van der Waals surface area contributed by atoms with Gasteiger partial charge in [0.2, 0.25) is 5.91 Å². The molecule has 0 aromatic carbocycles. The summed E-state index contributed by atoms with van der Waals surface area (Å²) in [4.78, 5) is 13.5. The van der Waals surface area contributed by atoms with Gasteiger partial charge in [0.05, 0.1) is 0 Å². The van der Waals surface area contributed by atoms with Gasteiger partial charge in [-0.1, -0.05) is 20.8 Å². The predicted molar refractivity (Wildman–Crippen MR) is 48.6 cm³/mol. The van der Waals surface area contributed by atoms with E-state index in [4.69, 9.17) is 5.73 Å². The molecule has 12 heavy (non-hydrogen) atoms. The molecule has 0 aromatic heterocycles. The summed E-state index contributed by atoms with van der Waals surface area (Å²) in [5.41, 5.74) is 5.45. The molecule has 0 aromatic rings. The van der Waals surface area contributed by atoms with Crippen LogP contribution >= 0.6 is 0 Å².